The minimum Gasteiger partial charge on any atom is -0.497 e. The van der Waals surface area contributed by atoms with E-state index in [9.17, 15) is 10.1 Å². The van der Waals surface area contributed by atoms with Crippen LogP contribution < -0.4 is 10.4 Å². The molecule has 0 N–H and O–H groups in total. The third-order valence-corrected chi connectivity index (χ3v) is 6.25. The number of nitriles is 1. The van der Waals surface area contributed by atoms with E-state index in [4.69, 9.17) is 20.8 Å². The molecule has 0 aliphatic carbocycles. The summed E-state index contributed by atoms with van der Waals surface area (Å²) in [5, 5.41) is 13.9. The Hall–Kier alpha value is -3.99. The summed E-state index contributed by atoms with van der Waals surface area (Å²) in [6.07, 6.45) is 1.64. The molecule has 0 saturated carbocycles. The molecular formula is C25H14ClN3O3S. The third kappa shape index (κ3) is 3.98. The van der Waals surface area contributed by atoms with Gasteiger partial charge in [0.05, 0.1) is 29.5 Å². The van der Waals surface area contributed by atoms with Crippen LogP contribution in [0.3, 0.4) is 0 Å². The number of nitrogens with zero attached hydrogens (tertiary/aromatic N) is 3. The lowest BCUT2D eigenvalue weighted by molar-refractivity contribution is 0.415. The van der Waals surface area contributed by atoms with Crippen molar-refractivity contribution < 1.29 is 9.15 Å². The van der Waals surface area contributed by atoms with E-state index in [1.807, 2.05) is 36.4 Å². The van der Waals surface area contributed by atoms with Gasteiger partial charge in [0.15, 0.2) is 0 Å². The molecule has 6 nitrogen and oxygen atoms in total. The lowest BCUT2D eigenvalue weighted by Crippen LogP contribution is -2.02. The molecule has 3 heterocycles. The van der Waals surface area contributed by atoms with E-state index in [1.165, 1.54) is 11.3 Å². The second-order valence-corrected chi connectivity index (χ2v) is 8.34. The summed E-state index contributed by atoms with van der Waals surface area (Å²) >= 11 is 7.64. The van der Waals surface area contributed by atoms with E-state index in [2.05, 4.69) is 16.0 Å². The van der Waals surface area contributed by atoms with Gasteiger partial charge in [0.1, 0.15) is 27.6 Å². The number of hydrogen-bond acceptors (Lipinski definition) is 7. The van der Waals surface area contributed by atoms with Crippen LogP contribution in [0.4, 0.5) is 0 Å². The summed E-state index contributed by atoms with van der Waals surface area (Å²) in [7, 11) is 1.59. The highest BCUT2D eigenvalue weighted by Gasteiger charge is 2.15. The van der Waals surface area contributed by atoms with Crippen molar-refractivity contribution in [2.75, 3.05) is 7.11 Å². The summed E-state index contributed by atoms with van der Waals surface area (Å²) in [5.41, 5.74) is 2.42. The first-order valence-corrected chi connectivity index (χ1v) is 11.1. The molecule has 160 valence electrons. The SMILES string of the molecule is COc1ccc2nc(Cl)c(/C=C(\C#N)c3nc(-c4cc5ccccc5oc4=O)cs3)cc2c1. The Balaban J connectivity index is 1.56. The first-order valence-electron chi connectivity index (χ1n) is 9.81. The number of fused-ring (bicyclic) bond motifs is 2. The number of allylic oxidation sites excluding steroid dienone is 1. The minimum absolute atomic E-state index is 0.271. The number of pyridine rings is 1. The molecule has 0 saturated heterocycles. The van der Waals surface area contributed by atoms with Gasteiger partial charge >= 0.3 is 5.63 Å². The fourth-order valence-corrected chi connectivity index (χ4v) is 4.42. The maximum absolute atomic E-state index is 12.5. The smallest absolute Gasteiger partial charge is 0.345 e. The highest BCUT2D eigenvalue weighted by molar-refractivity contribution is 7.11. The van der Waals surface area contributed by atoms with E-state index < -0.39 is 5.63 Å². The second-order valence-electron chi connectivity index (χ2n) is 7.12. The lowest BCUT2D eigenvalue weighted by atomic mass is 10.1. The highest BCUT2D eigenvalue weighted by Crippen LogP contribution is 2.30. The largest absolute Gasteiger partial charge is 0.497 e. The quantitative estimate of drug-likeness (QED) is 0.176. The van der Waals surface area contributed by atoms with Gasteiger partial charge in [-0.1, -0.05) is 29.8 Å². The Kier molecular flexibility index (Phi) is 5.38. The van der Waals surface area contributed by atoms with E-state index in [1.54, 1.807) is 36.8 Å². The lowest BCUT2D eigenvalue weighted by Gasteiger charge is -2.05. The monoisotopic (exact) mass is 471 g/mol. The topological polar surface area (TPSA) is 89.0 Å². The molecule has 0 radical (unpaired) electrons. The number of aromatic nitrogens is 2. The number of methoxy groups -OCH3 is 1. The molecule has 2 aromatic carbocycles. The summed E-state index contributed by atoms with van der Waals surface area (Å²) in [4.78, 5) is 21.4. The van der Waals surface area contributed by atoms with Crippen LogP contribution in [-0.2, 0) is 0 Å². The third-order valence-electron chi connectivity index (χ3n) is 5.07. The molecule has 0 atom stereocenters. The van der Waals surface area contributed by atoms with Gasteiger partial charge in [-0.2, -0.15) is 5.26 Å². The number of para-hydroxylation sites is 1. The Morgan fingerprint density at radius 1 is 1.15 bits per heavy atom. The minimum atomic E-state index is -0.483. The molecule has 0 fully saturated rings. The van der Waals surface area contributed by atoms with Crippen LogP contribution >= 0.6 is 22.9 Å². The fraction of sp³-hybridized carbons (Fsp3) is 0.0400. The fourth-order valence-electron chi connectivity index (χ4n) is 3.43. The van der Waals surface area contributed by atoms with Crippen LogP contribution in [0, 0.1) is 11.3 Å². The first kappa shape index (κ1) is 20.9. The van der Waals surface area contributed by atoms with Crippen molar-refractivity contribution in [1.82, 2.24) is 9.97 Å². The standard InChI is InChI=1S/C25H14ClN3O3S/c1-31-18-6-7-20-15(10-18)8-16(23(26)28-20)9-17(12-27)24-29-21(13-33-24)19-11-14-4-2-3-5-22(14)32-25(19)30/h2-11,13H,1H3/b17-9+. The van der Waals surface area contributed by atoms with Crippen LogP contribution in [0.25, 0.3) is 44.8 Å². The normalized spacial score (nSPS) is 11.6. The number of rotatable bonds is 4. The molecule has 5 aromatic rings. The maximum Gasteiger partial charge on any atom is 0.345 e. The Labute approximate surface area is 197 Å². The average molecular weight is 472 g/mol. The molecule has 0 spiro atoms. The molecule has 0 aliphatic rings. The van der Waals surface area contributed by atoms with Crippen molar-refractivity contribution in [3.8, 4) is 23.1 Å². The number of thiazole rings is 1. The number of ether oxygens (including phenoxy) is 1. The van der Waals surface area contributed by atoms with Gasteiger partial charge < -0.3 is 9.15 Å². The molecule has 0 unspecified atom stereocenters. The predicted molar refractivity (Wildman–Crippen MR) is 130 cm³/mol. The molecule has 5 rings (SSSR count). The zero-order chi connectivity index (χ0) is 22.9. The maximum atomic E-state index is 12.5. The number of halogens is 1. The predicted octanol–water partition coefficient (Wildman–Crippen LogP) is 6.19. The zero-order valence-corrected chi connectivity index (χ0v) is 18.8. The molecular weight excluding hydrogens is 458 g/mol. The van der Waals surface area contributed by atoms with Crippen molar-refractivity contribution in [1.29, 1.82) is 5.26 Å². The molecule has 33 heavy (non-hydrogen) atoms. The van der Waals surface area contributed by atoms with E-state index in [0.717, 1.165) is 16.3 Å². The Bertz CT molecular complexity index is 1660. The molecule has 0 amide bonds. The Morgan fingerprint density at radius 2 is 2.00 bits per heavy atom. The number of hydrogen-bond donors (Lipinski definition) is 0. The summed E-state index contributed by atoms with van der Waals surface area (Å²) in [6, 6.07) is 18.5. The zero-order valence-electron chi connectivity index (χ0n) is 17.2. The van der Waals surface area contributed by atoms with Crippen molar-refractivity contribution in [3.63, 3.8) is 0 Å². The summed E-state index contributed by atoms with van der Waals surface area (Å²) < 4.78 is 10.7. The van der Waals surface area contributed by atoms with Crippen LogP contribution in [0.5, 0.6) is 5.75 Å². The number of benzene rings is 2. The molecule has 0 aliphatic heterocycles. The van der Waals surface area contributed by atoms with Crippen LogP contribution in [0.2, 0.25) is 5.15 Å². The Morgan fingerprint density at radius 3 is 2.82 bits per heavy atom. The molecule has 0 bridgehead atoms. The molecule has 3 aromatic heterocycles. The summed E-state index contributed by atoms with van der Waals surface area (Å²) in [5.74, 6) is 0.695. The van der Waals surface area contributed by atoms with Gasteiger partial charge in [-0.25, -0.2) is 14.8 Å². The van der Waals surface area contributed by atoms with E-state index in [-0.39, 0.29) is 5.15 Å². The van der Waals surface area contributed by atoms with Crippen molar-refractivity contribution in [2.24, 2.45) is 0 Å². The van der Waals surface area contributed by atoms with Gasteiger partial charge in [-0.05, 0) is 42.5 Å². The van der Waals surface area contributed by atoms with Gasteiger partial charge in [-0.15, -0.1) is 11.3 Å². The van der Waals surface area contributed by atoms with E-state index >= 15 is 0 Å². The summed E-state index contributed by atoms with van der Waals surface area (Å²) in [6.45, 7) is 0. The van der Waals surface area contributed by atoms with Crippen molar-refractivity contribution in [3.05, 3.63) is 86.1 Å². The van der Waals surface area contributed by atoms with Crippen molar-refractivity contribution in [2.45, 2.75) is 0 Å². The van der Waals surface area contributed by atoms with Crippen LogP contribution in [0.1, 0.15) is 10.6 Å². The van der Waals surface area contributed by atoms with E-state index in [0.29, 0.717) is 38.7 Å². The molecule has 8 heteroatoms. The highest BCUT2D eigenvalue weighted by atomic mass is 35.5. The van der Waals surface area contributed by atoms with Crippen LogP contribution in [-0.4, -0.2) is 17.1 Å². The average Bonchev–Trinajstić information content (AvgIpc) is 3.31. The van der Waals surface area contributed by atoms with Gasteiger partial charge in [0, 0.05) is 21.7 Å². The van der Waals surface area contributed by atoms with Gasteiger partial charge in [0.25, 0.3) is 0 Å². The van der Waals surface area contributed by atoms with Gasteiger partial charge in [0.2, 0.25) is 0 Å². The van der Waals surface area contributed by atoms with Crippen molar-refractivity contribution >= 4 is 56.5 Å². The second kappa shape index (κ2) is 8.51. The van der Waals surface area contributed by atoms with Gasteiger partial charge in [-0.3, -0.25) is 0 Å². The van der Waals surface area contributed by atoms with Crippen LogP contribution in [0.15, 0.2) is 69.2 Å². The first-order chi connectivity index (χ1) is 16.1.